The summed E-state index contributed by atoms with van der Waals surface area (Å²) in [5, 5.41) is 2.35. The first-order valence-electron chi connectivity index (χ1n) is 10.2. The van der Waals surface area contributed by atoms with Crippen LogP contribution in [0, 0.1) is 5.92 Å². The molecule has 1 fully saturated rings. The molecule has 0 bridgehead atoms. The number of benzene rings is 2. The minimum absolute atomic E-state index is 0.0732. The number of nitrogens with one attached hydrogen (secondary N) is 2. The van der Waals surface area contributed by atoms with Crippen LogP contribution in [0.4, 0.5) is 0 Å². The molecule has 1 aromatic heterocycles. The average Bonchev–Trinajstić information content (AvgIpc) is 3.12. The van der Waals surface area contributed by atoms with Gasteiger partial charge in [0.25, 0.3) is 5.56 Å². The van der Waals surface area contributed by atoms with Gasteiger partial charge in [0.15, 0.2) is 5.78 Å². The molecule has 3 aromatic rings. The maximum absolute atomic E-state index is 13.4. The summed E-state index contributed by atoms with van der Waals surface area (Å²) in [6, 6.07) is 11.8. The smallest absolute Gasteiger partial charge is 0.310 e. The minimum atomic E-state index is -0.495. The predicted octanol–water partition coefficient (Wildman–Crippen LogP) is 2.41. The number of ketones is 1. The number of nitrogens with zero attached hydrogens (tertiary/aromatic N) is 1. The summed E-state index contributed by atoms with van der Waals surface area (Å²) in [7, 11) is 0. The van der Waals surface area contributed by atoms with Crippen molar-refractivity contribution in [3.63, 3.8) is 0 Å². The first-order valence-corrected chi connectivity index (χ1v) is 10.2. The number of carbonyl (C=O) groups is 1. The number of H-pyrrole nitrogens is 2. The number of hydrogen-bond acceptors (Lipinski definition) is 4. The fraction of sp³-hybridized carbons (Fsp3) is 0.348. The molecule has 6 nitrogen and oxygen atoms in total. The first-order chi connectivity index (χ1) is 14.1. The van der Waals surface area contributed by atoms with Gasteiger partial charge >= 0.3 is 5.69 Å². The highest BCUT2D eigenvalue weighted by Crippen LogP contribution is 2.34. The summed E-state index contributed by atoms with van der Waals surface area (Å²) in [6.45, 7) is 1.95. The van der Waals surface area contributed by atoms with Crippen LogP contribution in [0.15, 0.2) is 46.0 Å². The van der Waals surface area contributed by atoms with Crippen LogP contribution >= 0.6 is 0 Å². The fourth-order valence-electron chi connectivity index (χ4n) is 4.94. The molecule has 0 radical (unpaired) electrons. The number of hydrogen-bond donors (Lipinski definition) is 2. The van der Waals surface area contributed by atoms with E-state index in [9.17, 15) is 14.4 Å². The molecule has 1 aliphatic carbocycles. The Morgan fingerprint density at radius 1 is 1.07 bits per heavy atom. The third-order valence-corrected chi connectivity index (χ3v) is 6.23. The largest absolute Gasteiger partial charge is 0.325 e. The normalized spacial score (nSPS) is 19.0. The molecule has 29 heavy (non-hydrogen) atoms. The van der Waals surface area contributed by atoms with Gasteiger partial charge in [-0.1, -0.05) is 30.3 Å². The summed E-state index contributed by atoms with van der Waals surface area (Å²) < 4.78 is 0. The lowest BCUT2D eigenvalue weighted by Crippen LogP contribution is -2.39. The van der Waals surface area contributed by atoms with Gasteiger partial charge in [-0.3, -0.25) is 19.5 Å². The second kappa shape index (κ2) is 7.12. The molecule has 1 saturated heterocycles. The summed E-state index contributed by atoms with van der Waals surface area (Å²) >= 11 is 0. The average molecular weight is 389 g/mol. The molecule has 0 amide bonds. The Morgan fingerprint density at radius 3 is 2.72 bits per heavy atom. The third-order valence-electron chi connectivity index (χ3n) is 6.23. The van der Waals surface area contributed by atoms with E-state index in [2.05, 4.69) is 39.1 Å². The number of aromatic nitrogens is 2. The highest BCUT2D eigenvalue weighted by atomic mass is 16.2. The molecular weight excluding hydrogens is 366 g/mol. The van der Waals surface area contributed by atoms with Gasteiger partial charge in [0, 0.05) is 36.3 Å². The van der Waals surface area contributed by atoms with Crippen LogP contribution in [0.2, 0.25) is 0 Å². The molecule has 2 heterocycles. The molecule has 2 N–H and O–H groups in total. The third kappa shape index (κ3) is 3.34. The van der Waals surface area contributed by atoms with Gasteiger partial charge in [0.1, 0.15) is 0 Å². The fourth-order valence-corrected chi connectivity index (χ4v) is 4.94. The zero-order valence-corrected chi connectivity index (χ0v) is 16.2. The summed E-state index contributed by atoms with van der Waals surface area (Å²) in [5.41, 5.74) is 3.19. The highest BCUT2D eigenvalue weighted by Gasteiger charge is 2.28. The van der Waals surface area contributed by atoms with E-state index in [-0.39, 0.29) is 11.7 Å². The lowest BCUT2D eigenvalue weighted by molar-refractivity contribution is 0.0811. The van der Waals surface area contributed by atoms with Crippen molar-refractivity contribution in [2.75, 3.05) is 13.1 Å². The van der Waals surface area contributed by atoms with E-state index in [0.717, 1.165) is 43.2 Å². The number of aromatic amines is 2. The van der Waals surface area contributed by atoms with Gasteiger partial charge in [0.2, 0.25) is 0 Å². The van der Waals surface area contributed by atoms with E-state index in [1.54, 1.807) is 0 Å². The Hall–Kier alpha value is -2.99. The van der Waals surface area contributed by atoms with Gasteiger partial charge in [-0.05, 0) is 54.1 Å². The number of piperidine rings is 1. The van der Waals surface area contributed by atoms with Crippen molar-refractivity contribution in [1.29, 1.82) is 0 Å². The minimum Gasteiger partial charge on any atom is -0.310 e. The van der Waals surface area contributed by atoms with E-state index in [1.165, 1.54) is 22.6 Å². The van der Waals surface area contributed by atoms with Crippen LogP contribution in [0.25, 0.3) is 10.8 Å². The number of likely N-dealkylation sites (tertiary alicyclic amines) is 1. The van der Waals surface area contributed by atoms with E-state index in [1.807, 2.05) is 6.07 Å². The van der Waals surface area contributed by atoms with Crippen molar-refractivity contribution in [3.05, 3.63) is 79.6 Å². The Kier molecular flexibility index (Phi) is 4.43. The topological polar surface area (TPSA) is 86.0 Å². The standard InChI is InChI=1S/C23H23N3O3/c27-20-11-17(24-23(29)25-20)13-26-10-2-4-16(12-26)22(28)19-9-8-15-7-6-14-3-1-5-18(19)21(14)15/h1,3,5,8-9,11,16H,2,4,6-7,10,12-13H2,(H2,24,25,27,29)/t16-/m0/s1. The molecule has 1 atom stereocenters. The van der Waals surface area contributed by atoms with Crippen LogP contribution in [0.3, 0.4) is 0 Å². The van der Waals surface area contributed by atoms with Crippen LogP contribution in [-0.2, 0) is 19.4 Å². The summed E-state index contributed by atoms with van der Waals surface area (Å²) in [5.74, 6) is 0.126. The molecular formula is C23H23N3O3. The second-order valence-corrected chi connectivity index (χ2v) is 8.16. The Labute approximate surface area is 167 Å². The van der Waals surface area contributed by atoms with Crippen LogP contribution in [-0.4, -0.2) is 33.7 Å². The number of aryl methyl sites for hydroxylation is 2. The van der Waals surface area contributed by atoms with Gasteiger partial charge in [0.05, 0.1) is 0 Å². The van der Waals surface area contributed by atoms with Crippen molar-refractivity contribution in [2.24, 2.45) is 5.92 Å². The van der Waals surface area contributed by atoms with Gasteiger partial charge in [-0.2, -0.15) is 0 Å². The van der Waals surface area contributed by atoms with Crippen LogP contribution < -0.4 is 11.2 Å². The zero-order valence-electron chi connectivity index (χ0n) is 16.2. The molecule has 1 aliphatic heterocycles. The molecule has 148 valence electrons. The SMILES string of the molecule is O=C(c1ccc2c3c(cccc13)CC2)[C@H]1CCCN(Cc2cc(=O)[nH]c(=O)[nH]2)C1. The predicted molar refractivity (Wildman–Crippen MR) is 111 cm³/mol. The zero-order chi connectivity index (χ0) is 20.0. The van der Waals surface area contributed by atoms with Crippen molar-refractivity contribution in [3.8, 4) is 0 Å². The Balaban J connectivity index is 1.40. The van der Waals surface area contributed by atoms with E-state index < -0.39 is 11.2 Å². The van der Waals surface area contributed by atoms with Crippen molar-refractivity contribution in [2.45, 2.75) is 32.2 Å². The van der Waals surface area contributed by atoms with E-state index >= 15 is 0 Å². The van der Waals surface area contributed by atoms with Crippen LogP contribution in [0.5, 0.6) is 0 Å². The number of rotatable bonds is 4. The monoisotopic (exact) mass is 389 g/mol. The Bertz CT molecular complexity index is 1190. The van der Waals surface area contributed by atoms with Crippen molar-refractivity contribution < 1.29 is 4.79 Å². The van der Waals surface area contributed by atoms with E-state index in [0.29, 0.717) is 18.8 Å². The summed E-state index contributed by atoms with van der Waals surface area (Å²) in [6.07, 6.45) is 3.89. The molecule has 6 heteroatoms. The van der Waals surface area contributed by atoms with Crippen LogP contribution in [0.1, 0.15) is 40.0 Å². The molecule has 2 aromatic carbocycles. The molecule has 2 aliphatic rings. The molecule has 5 rings (SSSR count). The quantitative estimate of drug-likeness (QED) is 0.671. The van der Waals surface area contributed by atoms with Crippen molar-refractivity contribution >= 4 is 16.6 Å². The van der Waals surface area contributed by atoms with Crippen molar-refractivity contribution in [1.82, 2.24) is 14.9 Å². The Morgan fingerprint density at radius 2 is 1.90 bits per heavy atom. The maximum Gasteiger partial charge on any atom is 0.325 e. The van der Waals surface area contributed by atoms with Gasteiger partial charge < -0.3 is 4.98 Å². The molecule has 0 unspecified atom stereocenters. The van der Waals surface area contributed by atoms with Gasteiger partial charge in [-0.15, -0.1) is 0 Å². The van der Waals surface area contributed by atoms with Gasteiger partial charge in [-0.25, -0.2) is 4.79 Å². The molecule has 0 saturated carbocycles. The second-order valence-electron chi connectivity index (χ2n) is 8.16. The number of Topliss-reactive ketones (excluding diaryl/α,β-unsaturated/α-hetero) is 1. The molecule has 0 spiro atoms. The maximum atomic E-state index is 13.4. The highest BCUT2D eigenvalue weighted by molar-refractivity contribution is 6.11. The first kappa shape index (κ1) is 18.1. The lowest BCUT2D eigenvalue weighted by Gasteiger charge is -2.32. The van der Waals surface area contributed by atoms with E-state index in [4.69, 9.17) is 0 Å². The lowest BCUT2D eigenvalue weighted by atomic mass is 9.87. The summed E-state index contributed by atoms with van der Waals surface area (Å²) in [4.78, 5) is 43.5. The number of carbonyl (C=O) groups excluding carboxylic acids is 1.